The van der Waals surface area contributed by atoms with Gasteiger partial charge in [0.1, 0.15) is 6.61 Å². The third-order valence-electron chi connectivity index (χ3n) is 4.62. The van der Waals surface area contributed by atoms with Crippen molar-refractivity contribution in [2.75, 3.05) is 4.90 Å². The summed E-state index contributed by atoms with van der Waals surface area (Å²) in [6.07, 6.45) is 1.79. The zero-order chi connectivity index (χ0) is 21.8. The topological polar surface area (TPSA) is 88.2 Å². The van der Waals surface area contributed by atoms with Gasteiger partial charge in [0.05, 0.1) is 11.4 Å². The van der Waals surface area contributed by atoms with Crippen LogP contribution in [0, 0.1) is 20.8 Å². The first-order valence-electron chi connectivity index (χ1n) is 9.84. The highest BCUT2D eigenvalue weighted by atomic mass is 32.1. The summed E-state index contributed by atoms with van der Waals surface area (Å²) < 4.78 is 5.35. The second-order valence-electron chi connectivity index (χ2n) is 7.33. The van der Waals surface area contributed by atoms with Gasteiger partial charge in [0, 0.05) is 18.0 Å². The summed E-state index contributed by atoms with van der Waals surface area (Å²) in [6.45, 7) is 9.59. The molecule has 0 unspecified atom stereocenters. The van der Waals surface area contributed by atoms with Gasteiger partial charge in [-0.1, -0.05) is 31.0 Å². The fourth-order valence-electron chi connectivity index (χ4n) is 3.46. The maximum atomic E-state index is 12.4. The first-order chi connectivity index (χ1) is 14.3. The monoisotopic (exact) mass is 426 g/mol. The molecule has 0 saturated carbocycles. The van der Waals surface area contributed by atoms with Gasteiger partial charge >= 0.3 is 5.97 Å². The molecule has 1 N–H and O–H groups in total. The van der Waals surface area contributed by atoms with Gasteiger partial charge in [0.25, 0.3) is 0 Å². The van der Waals surface area contributed by atoms with Crippen LogP contribution >= 0.6 is 11.3 Å². The Morgan fingerprint density at radius 3 is 2.50 bits per heavy atom. The fourth-order valence-corrected chi connectivity index (χ4v) is 4.31. The third-order valence-corrected chi connectivity index (χ3v) is 5.49. The van der Waals surface area contributed by atoms with Crippen LogP contribution in [0.2, 0.25) is 0 Å². The summed E-state index contributed by atoms with van der Waals surface area (Å²) in [7, 11) is 0. The lowest BCUT2D eigenvalue weighted by Crippen LogP contribution is -2.24. The number of hydrogen-bond donors (Lipinski definition) is 1. The van der Waals surface area contributed by atoms with Crippen LogP contribution in [-0.4, -0.2) is 27.1 Å². The summed E-state index contributed by atoms with van der Waals surface area (Å²) in [5.41, 5.74) is 5.74. The van der Waals surface area contributed by atoms with Crippen molar-refractivity contribution in [1.29, 1.82) is 0 Å². The van der Waals surface area contributed by atoms with Crippen LogP contribution in [0.15, 0.2) is 23.6 Å². The molecule has 3 rings (SSSR count). The van der Waals surface area contributed by atoms with Gasteiger partial charge in [-0.3, -0.25) is 14.8 Å². The molecule has 2 heterocycles. The summed E-state index contributed by atoms with van der Waals surface area (Å²) in [4.78, 5) is 30.8. The number of aromatic amines is 1. The number of ether oxygens (including phenoxy) is 1. The number of hydrogen-bond acceptors (Lipinski definition) is 6. The largest absolute Gasteiger partial charge is 0.454 e. The number of aryl methyl sites for hydroxylation is 4. The van der Waals surface area contributed by atoms with E-state index in [1.165, 1.54) is 18.3 Å². The van der Waals surface area contributed by atoms with E-state index < -0.39 is 5.97 Å². The average Bonchev–Trinajstić information content (AvgIpc) is 3.32. The second-order valence-corrected chi connectivity index (χ2v) is 8.16. The van der Waals surface area contributed by atoms with Crippen molar-refractivity contribution >= 4 is 34.0 Å². The van der Waals surface area contributed by atoms with Crippen LogP contribution in [0.4, 0.5) is 10.8 Å². The number of amides is 1. The number of carbonyl (C=O) groups is 2. The number of esters is 1. The molecular formula is C22H26N4O3S. The highest BCUT2D eigenvalue weighted by Gasteiger charge is 2.22. The maximum absolute atomic E-state index is 12.4. The van der Waals surface area contributed by atoms with Crippen molar-refractivity contribution in [3.05, 3.63) is 57.4 Å². The number of nitrogens with one attached hydrogen (secondary N) is 1. The highest BCUT2D eigenvalue weighted by Crippen LogP contribution is 2.34. The predicted molar refractivity (Wildman–Crippen MR) is 117 cm³/mol. The molecule has 158 valence electrons. The van der Waals surface area contributed by atoms with E-state index in [9.17, 15) is 9.59 Å². The molecule has 0 fully saturated rings. The zero-order valence-corrected chi connectivity index (χ0v) is 18.7. The first-order valence-corrected chi connectivity index (χ1v) is 10.7. The molecule has 0 aliphatic rings. The minimum absolute atomic E-state index is 0.0168. The molecule has 1 aromatic carbocycles. The molecule has 3 aromatic rings. The Kier molecular flexibility index (Phi) is 6.66. The van der Waals surface area contributed by atoms with Crippen molar-refractivity contribution in [3.63, 3.8) is 0 Å². The van der Waals surface area contributed by atoms with Crippen LogP contribution in [0.25, 0.3) is 0 Å². The van der Waals surface area contributed by atoms with E-state index in [0.717, 1.165) is 40.9 Å². The lowest BCUT2D eigenvalue weighted by atomic mass is 10.0. The Morgan fingerprint density at radius 1 is 1.17 bits per heavy atom. The number of benzene rings is 1. The molecule has 0 spiro atoms. The van der Waals surface area contributed by atoms with E-state index in [-0.39, 0.29) is 18.2 Å². The van der Waals surface area contributed by atoms with Crippen LogP contribution < -0.4 is 4.90 Å². The lowest BCUT2D eigenvalue weighted by molar-refractivity contribution is -0.115. The molecule has 8 heteroatoms. The number of carbonyl (C=O) groups excluding carboxylic acids is 2. The van der Waals surface area contributed by atoms with Gasteiger partial charge in [-0.25, -0.2) is 9.78 Å². The number of anilines is 2. The molecule has 0 bridgehead atoms. The number of aromatic nitrogens is 3. The summed E-state index contributed by atoms with van der Waals surface area (Å²) in [5, 5.41) is 9.19. The number of thiazole rings is 1. The van der Waals surface area contributed by atoms with Crippen LogP contribution in [-0.2, 0) is 22.6 Å². The normalized spacial score (nSPS) is 10.8. The molecular weight excluding hydrogens is 400 g/mol. The van der Waals surface area contributed by atoms with E-state index in [1.807, 2.05) is 32.9 Å². The van der Waals surface area contributed by atoms with E-state index in [0.29, 0.717) is 10.8 Å². The van der Waals surface area contributed by atoms with Crippen LogP contribution in [0.1, 0.15) is 58.8 Å². The Morgan fingerprint density at radius 2 is 1.87 bits per heavy atom. The van der Waals surface area contributed by atoms with Crippen molar-refractivity contribution in [1.82, 2.24) is 15.2 Å². The van der Waals surface area contributed by atoms with Crippen molar-refractivity contribution in [2.24, 2.45) is 0 Å². The average molecular weight is 427 g/mol. The smallest absolute Gasteiger partial charge is 0.359 e. The van der Waals surface area contributed by atoms with Gasteiger partial charge in [0.2, 0.25) is 5.91 Å². The van der Waals surface area contributed by atoms with Gasteiger partial charge in [-0.05, 0) is 44.4 Å². The Hall–Kier alpha value is -3.00. The molecule has 0 radical (unpaired) electrons. The van der Waals surface area contributed by atoms with E-state index >= 15 is 0 Å². The molecule has 0 atom stereocenters. The Bertz CT molecular complexity index is 1050. The minimum Gasteiger partial charge on any atom is -0.454 e. The van der Waals surface area contributed by atoms with Crippen LogP contribution in [0.3, 0.4) is 0 Å². The van der Waals surface area contributed by atoms with E-state index in [2.05, 4.69) is 22.1 Å². The molecule has 2 aromatic heterocycles. The Balaban J connectivity index is 1.75. The maximum Gasteiger partial charge on any atom is 0.359 e. The third kappa shape index (κ3) is 4.76. The molecule has 0 aliphatic carbocycles. The fraction of sp³-hybridized carbons (Fsp3) is 0.364. The quantitative estimate of drug-likeness (QED) is 0.549. The molecule has 1 amide bonds. The van der Waals surface area contributed by atoms with Crippen molar-refractivity contribution in [3.8, 4) is 0 Å². The van der Waals surface area contributed by atoms with Gasteiger partial charge < -0.3 is 4.74 Å². The summed E-state index contributed by atoms with van der Waals surface area (Å²) in [5.74, 6) is -0.625. The Labute approximate surface area is 180 Å². The van der Waals surface area contributed by atoms with Crippen molar-refractivity contribution in [2.45, 2.75) is 54.1 Å². The number of rotatable bonds is 7. The molecule has 7 nitrogen and oxygen atoms in total. The summed E-state index contributed by atoms with van der Waals surface area (Å²) in [6, 6.07) is 5.80. The number of H-pyrrole nitrogens is 1. The van der Waals surface area contributed by atoms with Gasteiger partial charge in [-0.2, -0.15) is 5.10 Å². The zero-order valence-electron chi connectivity index (χ0n) is 17.9. The highest BCUT2D eigenvalue weighted by molar-refractivity contribution is 7.14. The number of nitrogens with zero attached hydrogens (tertiary/aromatic N) is 3. The second kappa shape index (κ2) is 9.21. The standard InChI is InChI=1S/C22H26N4O3S/c1-6-7-17-10-19(25-24-17)21(28)29-11-18-12-30-22(23-18)26(16(5)27)20-14(3)8-13(2)9-15(20)4/h8-10,12H,6-7,11H2,1-5H3,(H,24,25). The van der Waals surface area contributed by atoms with Crippen LogP contribution in [0.5, 0.6) is 0 Å². The van der Waals surface area contributed by atoms with Crippen molar-refractivity contribution < 1.29 is 14.3 Å². The minimum atomic E-state index is -0.503. The lowest BCUT2D eigenvalue weighted by Gasteiger charge is -2.23. The molecule has 0 aliphatic heterocycles. The summed E-state index contributed by atoms with van der Waals surface area (Å²) >= 11 is 1.34. The van der Waals surface area contributed by atoms with Gasteiger partial charge in [0.15, 0.2) is 10.8 Å². The van der Waals surface area contributed by atoms with Gasteiger partial charge in [-0.15, -0.1) is 11.3 Å². The predicted octanol–water partition coefficient (Wildman–Crippen LogP) is 4.79. The molecule has 30 heavy (non-hydrogen) atoms. The first kappa shape index (κ1) is 21.7. The SMILES string of the molecule is CCCc1cc(C(=O)OCc2csc(N(C(C)=O)c3c(C)cc(C)cc3C)n2)n[nH]1. The molecule has 0 saturated heterocycles. The van der Waals surface area contributed by atoms with E-state index in [4.69, 9.17) is 4.74 Å². The van der Waals surface area contributed by atoms with E-state index in [1.54, 1.807) is 16.3 Å².